The maximum Gasteiger partial charge on any atom is 0.257 e. The number of benzene rings is 1. The molecule has 5 heterocycles. The van der Waals surface area contributed by atoms with Gasteiger partial charge in [0.15, 0.2) is 0 Å². The SMILES string of the molecule is O=C(c1cn(-c2ccccc2)nc1-c1cccs1)N1CCN(Cc2cn3ccccc3n2)CC1. The highest BCUT2D eigenvalue weighted by atomic mass is 32.1. The molecule has 5 aromatic rings. The summed E-state index contributed by atoms with van der Waals surface area (Å²) in [6.07, 6.45) is 5.97. The molecule has 170 valence electrons. The van der Waals surface area contributed by atoms with Crippen LogP contribution in [0.1, 0.15) is 16.1 Å². The fraction of sp³-hybridized carbons (Fsp3) is 0.192. The quantitative estimate of drug-likeness (QED) is 0.388. The number of para-hydroxylation sites is 1. The maximum absolute atomic E-state index is 13.6. The Hall–Kier alpha value is -3.75. The van der Waals surface area contributed by atoms with Crippen LogP contribution >= 0.6 is 11.3 Å². The van der Waals surface area contributed by atoms with Crippen LogP contribution in [0.25, 0.3) is 21.9 Å². The Bertz CT molecular complexity index is 1380. The van der Waals surface area contributed by atoms with E-state index in [-0.39, 0.29) is 5.91 Å². The first kappa shape index (κ1) is 20.8. The van der Waals surface area contributed by atoms with Crippen LogP contribution in [-0.2, 0) is 6.54 Å². The van der Waals surface area contributed by atoms with Gasteiger partial charge in [0.25, 0.3) is 5.91 Å². The second kappa shape index (κ2) is 8.89. The Labute approximate surface area is 201 Å². The zero-order valence-corrected chi connectivity index (χ0v) is 19.4. The minimum atomic E-state index is 0.0398. The van der Waals surface area contributed by atoms with E-state index in [9.17, 15) is 4.79 Å². The van der Waals surface area contributed by atoms with Crippen LogP contribution in [-0.4, -0.2) is 61.1 Å². The average molecular weight is 469 g/mol. The summed E-state index contributed by atoms with van der Waals surface area (Å²) in [6, 6.07) is 20.0. The van der Waals surface area contributed by atoms with Gasteiger partial charge >= 0.3 is 0 Å². The number of carbonyl (C=O) groups excluding carboxylic acids is 1. The van der Waals surface area contributed by atoms with Gasteiger partial charge in [0.1, 0.15) is 11.3 Å². The van der Waals surface area contributed by atoms with Crippen LogP contribution < -0.4 is 0 Å². The Kier molecular flexibility index (Phi) is 5.44. The Morgan fingerprint density at radius 2 is 1.74 bits per heavy atom. The highest BCUT2D eigenvalue weighted by Gasteiger charge is 2.27. The lowest BCUT2D eigenvalue weighted by atomic mass is 10.1. The third kappa shape index (κ3) is 4.02. The number of nitrogens with zero attached hydrogens (tertiary/aromatic N) is 6. The van der Waals surface area contributed by atoms with Crippen LogP contribution in [0.2, 0.25) is 0 Å². The van der Waals surface area contributed by atoms with Crippen molar-refractivity contribution in [3.63, 3.8) is 0 Å². The number of carbonyl (C=O) groups is 1. The van der Waals surface area contributed by atoms with Gasteiger partial charge in [0.05, 0.1) is 21.8 Å². The molecule has 1 amide bonds. The summed E-state index contributed by atoms with van der Waals surface area (Å²) in [7, 11) is 0. The molecule has 7 nitrogen and oxygen atoms in total. The van der Waals surface area contributed by atoms with Gasteiger partial charge in [-0.15, -0.1) is 11.3 Å². The van der Waals surface area contributed by atoms with E-state index in [2.05, 4.69) is 11.1 Å². The number of aromatic nitrogens is 4. The molecule has 1 aliphatic rings. The molecular formula is C26H24N6OS. The molecule has 6 rings (SSSR count). The molecule has 1 saturated heterocycles. The topological polar surface area (TPSA) is 58.7 Å². The van der Waals surface area contributed by atoms with Crippen LogP contribution in [0.15, 0.2) is 84.6 Å². The lowest BCUT2D eigenvalue weighted by Crippen LogP contribution is -2.48. The van der Waals surface area contributed by atoms with E-state index in [0.29, 0.717) is 18.7 Å². The third-order valence-corrected chi connectivity index (χ3v) is 7.06. The van der Waals surface area contributed by atoms with Gasteiger partial charge in [-0.1, -0.05) is 30.3 Å². The first-order valence-corrected chi connectivity index (χ1v) is 12.3. The standard InChI is InChI=1S/C26H24N6OS/c33-26(22-19-32(21-7-2-1-3-8-21)28-25(22)23-9-6-16-34-23)30-14-12-29(13-15-30)17-20-18-31-11-5-4-10-24(31)27-20/h1-11,16,18-19H,12-15,17H2. The van der Waals surface area contributed by atoms with E-state index >= 15 is 0 Å². The molecule has 0 N–H and O–H groups in total. The summed E-state index contributed by atoms with van der Waals surface area (Å²) in [5, 5.41) is 6.81. The van der Waals surface area contributed by atoms with Crippen molar-refractivity contribution >= 4 is 22.9 Å². The predicted molar refractivity (Wildman–Crippen MR) is 133 cm³/mol. The number of rotatable bonds is 5. The van der Waals surface area contributed by atoms with Crippen LogP contribution in [0.4, 0.5) is 0 Å². The number of imidazole rings is 1. The molecule has 1 aromatic carbocycles. The van der Waals surface area contributed by atoms with Gasteiger partial charge < -0.3 is 9.30 Å². The van der Waals surface area contributed by atoms with Crippen molar-refractivity contribution in [1.82, 2.24) is 29.0 Å². The van der Waals surface area contributed by atoms with Crippen molar-refractivity contribution in [1.29, 1.82) is 0 Å². The molecule has 0 bridgehead atoms. The molecule has 0 saturated carbocycles. The van der Waals surface area contributed by atoms with Crippen molar-refractivity contribution in [3.05, 3.63) is 95.9 Å². The molecule has 1 aliphatic heterocycles. The third-order valence-electron chi connectivity index (χ3n) is 6.18. The Morgan fingerprint density at radius 3 is 2.50 bits per heavy atom. The van der Waals surface area contributed by atoms with Crippen LogP contribution in [0, 0.1) is 0 Å². The van der Waals surface area contributed by atoms with Gasteiger partial charge in [-0.05, 0) is 35.7 Å². The number of pyridine rings is 1. The fourth-order valence-electron chi connectivity index (χ4n) is 4.41. The molecule has 1 fully saturated rings. The summed E-state index contributed by atoms with van der Waals surface area (Å²) < 4.78 is 3.85. The second-order valence-electron chi connectivity index (χ2n) is 8.42. The molecule has 8 heteroatoms. The Balaban J connectivity index is 1.19. The molecule has 0 radical (unpaired) electrons. The van der Waals surface area contributed by atoms with E-state index in [0.717, 1.165) is 47.2 Å². The van der Waals surface area contributed by atoms with Gasteiger partial charge in [0.2, 0.25) is 0 Å². The molecule has 0 unspecified atom stereocenters. The smallest absolute Gasteiger partial charge is 0.257 e. The zero-order valence-electron chi connectivity index (χ0n) is 18.6. The molecule has 0 aliphatic carbocycles. The van der Waals surface area contributed by atoms with Gasteiger partial charge in [-0.3, -0.25) is 9.69 Å². The van der Waals surface area contributed by atoms with Gasteiger partial charge in [-0.25, -0.2) is 9.67 Å². The van der Waals surface area contributed by atoms with Crippen molar-refractivity contribution in [3.8, 4) is 16.3 Å². The monoisotopic (exact) mass is 468 g/mol. The summed E-state index contributed by atoms with van der Waals surface area (Å²) >= 11 is 1.60. The lowest BCUT2D eigenvalue weighted by molar-refractivity contribution is 0.0628. The molecular weight excluding hydrogens is 444 g/mol. The van der Waals surface area contributed by atoms with E-state index < -0.39 is 0 Å². The maximum atomic E-state index is 13.6. The first-order valence-electron chi connectivity index (χ1n) is 11.4. The van der Waals surface area contributed by atoms with Crippen molar-refractivity contribution < 1.29 is 4.79 Å². The highest BCUT2D eigenvalue weighted by molar-refractivity contribution is 7.13. The minimum absolute atomic E-state index is 0.0398. The number of piperazine rings is 1. The van der Waals surface area contributed by atoms with Crippen molar-refractivity contribution in [2.24, 2.45) is 0 Å². The fourth-order valence-corrected chi connectivity index (χ4v) is 5.13. The van der Waals surface area contributed by atoms with Crippen LogP contribution in [0.3, 0.4) is 0 Å². The van der Waals surface area contributed by atoms with E-state index in [1.165, 1.54) is 0 Å². The molecule has 4 aromatic heterocycles. The lowest BCUT2D eigenvalue weighted by Gasteiger charge is -2.34. The number of hydrogen-bond acceptors (Lipinski definition) is 5. The minimum Gasteiger partial charge on any atom is -0.336 e. The predicted octanol–water partition coefficient (Wildman–Crippen LogP) is 4.21. The normalized spacial score (nSPS) is 14.6. The molecule has 0 atom stereocenters. The summed E-state index contributed by atoms with van der Waals surface area (Å²) in [5.41, 5.74) is 4.35. The first-order chi connectivity index (χ1) is 16.7. The average Bonchev–Trinajstić information content (AvgIpc) is 3.63. The summed E-state index contributed by atoms with van der Waals surface area (Å²) in [5.74, 6) is 0.0398. The van der Waals surface area contributed by atoms with Crippen molar-refractivity contribution in [2.75, 3.05) is 26.2 Å². The number of hydrogen-bond donors (Lipinski definition) is 0. The second-order valence-corrected chi connectivity index (χ2v) is 9.36. The molecule has 34 heavy (non-hydrogen) atoms. The van der Waals surface area contributed by atoms with Crippen LogP contribution in [0.5, 0.6) is 0 Å². The molecule has 0 spiro atoms. The summed E-state index contributed by atoms with van der Waals surface area (Å²) in [6.45, 7) is 3.80. The highest BCUT2D eigenvalue weighted by Crippen LogP contribution is 2.29. The van der Waals surface area contributed by atoms with Gasteiger partial charge in [0, 0.05) is 51.3 Å². The van der Waals surface area contributed by atoms with Gasteiger partial charge in [-0.2, -0.15) is 5.10 Å². The zero-order chi connectivity index (χ0) is 22.9. The largest absolute Gasteiger partial charge is 0.336 e. The Morgan fingerprint density at radius 1 is 0.912 bits per heavy atom. The van der Waals surface area contributed by atoms with Crippen molar-refractivity contribution in [2.45, 2.75) is 6.54 Å². The number of thiophene rings is 1. The van der Waals surface area contributed by atoms with E-state index in [1.54, 1.807) is 11.3 Å². The number of fused-ring (bicyclic) bond motifs is 1. The summed E-state index contributed by atoms with van der Waals surface area (Å²) in [4.78, 5) is 23.6. The van der Waals surface area contributed by atoms with E-state index in [1.807, 2.05) is 92.4 Å². The van der Waals surface area contributed by atoms with E-state index in [4.69, 9.17) is 10.1 Å². The number of amides is 1.